The van der Waals surface area contributed by atoms with Crippen LogP contribution in [0.4, 0.5) is 4.39 Å². The molecule has 4 heteroatoms. The highest BCUT2D eigenvalue weighted by atomic mass is 19.1. The highest BCUT2D eigenvalue weighted by Crippen LogP contribution is 2.28. The number of halogens is 1. The number of benzene rings is 2. The molecule has 1 amide bonds. The van der Waals surface area contributed by atoms with E-state index in [2.05, 4.69) is 0 Å². The summed E-state index contributed by atoms with van der Waals surface area (Å²) in [6, 6.07) is 14.0. The van der Waals surface area contributed by atoms with Gasteiger partial charge in [-0.05, 0) is 44.9 Å². The van der Waals surface area contributed by atoms with Crippen molar-refractivity contribution in [1.29, 1.82) is 0 Å². The molecule has 0 saturated heterocycles. The molecule has 2 rings (SSSR count). The highest BCUT2D eigenvalue weighted by Gasteiger charge is 2.29. The van der Waals surface area contributed by atoms with Gasteiger partial charge in [-0.15, -0.1) is 0 Å². The second-order valence-corrected chi connectivity index (χ2v) is 6.65. The van der Waals surface area contributed by atoms with Crippen molar-refractivity contribution in [3.8, 4) is 11.1 Å². The zero-order chi connectivity index (χ0) is 17.2. The molecule has 0 saturated carbocycles. The zero-order valence-corrected chi connectivity index (χ0v) is 13.9. The monoisotopic (exact) mass is 315 g/mol. The molecule has 23 heavy (non-hydrogen) atoms. The highest BCUT2D eigenvalue weighted by molar-refractivity contribution is 5.83. The van der Waals surface area contributed by atoms with Crippen molar-refractivity contribution in [3.63, 3.8) is 0 Å². The second-order valence-electron chi connectivity index (χ2n) is 6.65. The number of amides is 1. The SMILES string of the molecule is CC(C(=O)N(O)C(C)(C)C)c1ccc(-c2ccccc2)c(F)c1. The third-order valence-electron chi connectivity index (χ3n) is 3.79. The van der Waals surface area contributed by atoms with E-state index >= 15 is 0 Å². The Kier molecular flexibility index (Phi) is 4.85. The first kappa shape index (κ1) is 17.2. The molecule has 0 spiro atoms. The van der Waals surface area contributed by atoms with Gasteiger partial charge in [0.1, 0.15) is 5.82 Å². The van der Waals surface area contributed by atoms with Gasteiger partial charge in [0, 0.05) is 5.56 Å². The number of hydroxylamine groups is 2. The van der Waals surface area contributed by atoms with E-state index in [1.807, 2.05) is 30.3 Å². The average molecular weight is 315 g/mol. The van der Waals surface area contributed by atoms with Gasteiger partial charge in [-0.1, -0.05) is 42.5 Å². The Morgan fingerprint density at radius 3 is 2.26 bits per heavy atom. The first-order chi connectivity index (χ1) is 10.7. The molecule has 122 valence electrons. The van der Waals surface area contributed by atoms with Crippen molar-refractivity contribution in [3.05, 3.63) is 59.9 Å². The Morgan fingerprint density at radius 2 is 1.74 bits per heavy atom. The molecular formula is C19H22FNO2. The number of rotatable bonds is 3. The Labute approximate surface area is 136 Å². The summed E-state index contributed by atoms with van der Waals surface area (Å²) in [6.07, 6.45) is 0. The first-order valence-electron chi connectivity index (χ1n) is 7.59. The van der Waals surface area contributed by atoms with Gasteiger partial charge >= 0.3 is 0 Å². The van der Waals surface area contributed by atoms with E-state index in [-0.39, 0.29) is 5.82 Å². The number of hydrogen-bond acceptors (Lipinski definition) is 2. The predicted octanol–water partition coefficient (Wildman–Crippen LogP) is 4.61. The Hall–Kier alpha value is -2.20. The Morgan fingerprint density at radius 1 is 1.13 bits per heavy atom. The second kappa shape index (κ2) is 6.50. The van der Waals surface area contributed by atoms with Gasteiger partial charge in [-0.3, -0.25) is 10.0 Å². The third kappa shape index (κ3) is 3.77. The first-order valence-corrected chi connectivity index (χ1v) is 7.59. The van der Waals surface area contributed by atoms with Crippen LogP contribution < -0.4 is 0 Å². The fourth-order valence-corrected chi connectivity index (χ4v) is 2.31. The van der Waals surface area contributed by atoms with Crippen molar-refractivity contribution in [2.24, 2.45) is 0 Å². The molecule has 3 nitrogen and oxygen atoms in total. The molecule has 1 N–H and O–H groups in total. The summed E-state index contributed by atoms with van der Waals surface area (Å²) in [6.45, 7) is 6.86. The molecule has 0 fully saturated rings. The van der Waals surface area contributed by atoms with Gasteiger partial charge in [0.2, 0.25) is 0 Å². The van der Waals surface area contributed by atoms with E-state index in [0.29, 0.717) is 16.2 Å². The average Bonchev–Trinajstić information content (AvgIpc) is 2.52. The van der Waals surface area contributed by atoms with Gasteiger partial charge in [-0.2, -0.15) is 0 Å². The lowest BCUT2D eigenvalue weighted by atomic mass is 9.95. The van der Waals surface area contributed by atoms with Crippen LogP contribution in [0.25, 0.3) is 11.1 Å². The third-order valence-corrected chi connectivity index (χ3v) is 3.79. The van der Waals surface area contributed by atoms with Gasteiger partial charge in [0.25, 0.3) is 5.91 Å². The molecule has 0 aromatic heterocycles. The predicted molar refractivity (Wildman–Crippen MR) is 88.6 cm³/mol. The minimum atomic E-state index is -0.701. The van der Waals surface area contributed by atoms with Crippen LogP contribution in [0.3, 0.4) is 0 Å². The molecule has 1 unspecified atom stereocenters. The maximum absolute atomic E-state index is 14.4. The summed E-state index contributed by atoms with van der Waals surface area (Å²) in [5, 5.41) is 10.7. The largest absolute Gasteiger partial charge is 0.285 e. The molecular weight excluding hydrogens is 293 g/mol. The van der Waals surface area contributed by atoms with Gasteiger partial charge in [-0.25, -0.2) is 9.45 Å². The van der Waals surface area contributed by atoms with E-state index < -0.39 is 17.4 Å². The molecule has 0 aliphatic carbocycles. The van der Waals surface area contributed by atoms with Crippen LogP contribution in [-0.4, -0.2) is 21.7 Å². The summed E-state index contributed by atoms with van der Waals surface area (Å²) >= 11 is 0. The zero-order valence-electron chi connectivity index (χ0n) is 13.9. The van der Waals surface area contributed by atoms with Crippen LogP contribution in [0.1, 0.15) is 39.2 Å². The van der Waals surface area contributed by atoms with Gasteiger partial charge in [0.15, 0.2) is 0 Å². The normalized spacial score (nSPS) is 12.8. The smallest absolute Gasteiger partial charge is 0.253 e. The molecule has 0 aliphatic rings. The van der Waals surface area contributed by atoms with Crippen LogP contribution in [-0.2, 0) is 4.79 Å². The quantitative estimate of drug-likeness (QED) is 0.663. The summed E-state index contributed by atoms with van der Waals surface area (Å²) in [7, 11) is 0. The standard InChI is InChI=1S/C19H22FNO2/c1-13(18(22)21(23)19(2,3)4)15-10-11-16(17(20)12-15)14-8-6-5-7-9-14/h5-13,23H,1-4H3. The van der Waals surface area contributed by atoms with Crippen molar-refractivity contribution in [1.82, 2.24) is 5.06 Å². The molecule has 0 bridgehead atoms. The molecule has 2 aromatic rings. The number of nitrogens with zero attached hydrogens (tertiary/aromatic N) is 1. The number of carbonyl (C=O) groups excluding carboxylic acids is 1. The summed E-state index contributed by atoms with van der Waals surface area (Å²) in [5.41, 5.74) is 1.11. The van der Waals surface area contributed by atoms with E-state index in [1.54, 1.807) is 39.8 Å². The summed E-state index contributed by atoms with van der Waals surface area (Å²) in [5.74, 6) is -1.46. The van der Waals surface area contributed by atoms with E-state index in [0.717, 1.165) is 5.56 Å². The van der Waals surface area contributed by atoms with Crippen LogP contribution in [0.2, 0.25) is 0 Å². The maximum atomic E-state index is 14.4. The lowest BCUT2D eigenvalue weighted by molar-refractivity contribution is -0.188. The maximum Gasteiger partial charge on any atom is 0.253 e. The minimum Gasteiger partial charge on any atom is -0.285 e. The molecule has 0 heterocycles. The van der Waals surface area contributed by atoms with Crippen LogP contribution in [0.5, 0.6) is 0 Å². The summed E-state index contributed by atoms with van der Waals surface area (Å²) in [4.78, 5) is 12.3. The molecule has 0 radical (unpaired) electrons. The van der Waals surface area contributed by atoms with Crippen LogP contribution >= 0.6 is 0 Å². The fourth-order valence-electron chi connectivity index (χ4n) is 2.31. The topological polar surface area (TPSA) is 40.5 Å². The Balaban J connectivity index is 2.28. The number of hydrogen-bond donors (Lipinski definition) is 1. The van der Waals surface area contributed by atoms with Gasteiger partial charge in [0.05, 0.1) is 11.5 Å². The van der Waals surface area contributed by atoms with E-state index in [9.17, 15) is 14.4 Å². The Bertz CT molecular complexity index is 692. The van der Waals surface area contributed by atoms with E-state index in [4.69, 9.17) is 0 Å². The molecule has 1 atom stereocenters. The van der Waals surface area contributed by atoms with Crippen molar-refractivity contribution in [2.75, 3.05) is 0 Å². The van der Waals surface area contributed by atoms with Crippen molar-refractivity contribution in [2.45, 2.75) is 39.2 Å². The van der Waals surface area contributed by atoms with Gasteiger partial charge < -0.3 is 0 Å². The lowest BCUT2D eigenvalue weighted by Gasteiger charge is -2.31. The molecule has 0 aliphatic heterocycles. The number of carbonyl (C=O) groups is 1. The van der Waals surface area contributed by atoms with Crippen molar-refractivity contribution >= 4 is 5.91 Å². The fraction of sp³-hybridized carbons (Fsp3) is 0.316. The lowest BCUT2D eigenvalue weighted by Crippen LogP contribution is -2.44. The van der Waals surface area contributed by atoms with Crippen LogP contribution in [0.15, 0.2) is 48.5 Å². The van der Waals surface area contributed by atoms with Crippen molar-refractivity contribution < 1.29 is 14.4 Å². The molecule has 2 aromatic carbocycles. The summed E-state index contributed by atoms with van der Waals surface area (Å²) < 4.78 is 14.4. The van der Waals surface area contributed by atoms with E-state index in [1.165, 1.54) is 6.07 Å². The van der Waals surface area contributed by atoms with Crippen LogP contribution in [0, 0.1) is 5.82 Å². The minimum absolute atomic E-state index is 0.381.